The molecule has 22 heteroatoms. The number of hydrogen-bond acceptors (Lipinski definition) is 16. The van der Waals surface area contributed by atoms with Gasteiger partial charge in [-0.05, 0) is 79.3 Å². The van der Waals surface area contributed by atoms with Crippen LogP contribution in [-0.2, 0) is 16.6 Å². The highest BCUT2D eigenvalue weighted by atomic mass is 19.1. The summed E-state index contributed by atoms with van der Waals surface area (Å²) in [6, 6.07) is 16.3. The van der Waals surface area contributed by atoms with E-state index in [1.54, 1.807) is 16.9 Å². The standard InChI is InChI=1S/C62H70F3N13O6/c1-6-45-48(63)14-11-40-27-43(79)28-46(54(40)45)56-55(64)57-47(31-66-56)58(77-32-41-12-13-42(33-77)69-41)71-61(70-57)83-26-25-74-19-16-62(65,17-20-74)35-75-21-23-76(24-22-75)52-30-51(84-72-52)53(36(2)3)60(82)78-34-44(80)29-50(78)59(81)68-37(4)38-7-9-39(10-8-38)49-15-18-67-73(49)5/h1,7-11,14-15,18,27-28,30-31,36-37,41-42,44,50,53,69,79-80H,12-13,16-17,19-26,29,32-35H2,2-5H3,(H,68,81)/t37-,41?,42?,44+,50-,53+/m0/s1. The Morgan fingerprint density at radius 1 is 0.940 bits per heavy atom. The number of carbonyl (C=O) groups excluding carboxylic acids is 2. The van der Waals surface area contributed by atoms with Crippen molar-refractivity contribution in [2.75, 3.05) is 88.4 Å². The molecule has 7 aromatic rings. The van der Waals surface area contributed by atoms with Crippen LogP contribution in [0.15, 0.2) is 77.6 Å². The fourth-order valence-corrected chi connectivity index (χ4v) is 13.2. The van der Waals surface area contributed by atoms with Gasteiger partial charge in [-0.3, -0.25) is 29.1 Å². The number of alkyl halides is 1. The van der Waals surface area contributed by atoms with Crippen LogP contribution in [0.3, 0.4) is 0 Å². The number of hydrogen-bond donors (Lipinski definition) is 4. The van der Waals surface area contributed by atoms with Gasteiger partial charge < -0.3 is 44.8 Å². The van der Waals surface area contributed by atoms with Crippen molar-refractivity contribution >= 4 is 45.1 Å². The molecule has 84 heavy (non-hydrogen) atoms. The molecule has 6 atom stereocenters. The smallest absolute Gasteiger partial charge is 0.319 e. The predicted octanol–water partition coefficient (Wildman–Crippen LogP) is 6.72. The van der Waals surface area contributed by atoms with Crippen molar-refractivity contribution in [3.8, 4) is 46.6 Å². The lowest BCUT2D eigenvalue weighted by molar-refractivity contribution is -0.141. The molecule has 0 aliphatic carbocycles. The number of terminal acetylenes is 1. The molecule has 2 unspecified atom stereocenters. The molecule has 5 saturated heterocycles. The van der Waals surface area contributed by atoms with E-state index < -0.39 is 35.4 Å². The fraction of sp³-hybridized carbons (Fsp3) is 0.468. The summed E-state index contributed by atoms with van der Waals surface area (Å²) in [6.07, 6.45) is 11.0. The predicted molar refractivity (Wildman–Crippen MR) is 311 cm³/mol. The summed E-state index contributed by atoms with van der Waals surface area (Å²) in [5, 5.41) is 37.9. The molecule has 2 bridgehead atoms. The van der Waals surface area contributed by atoms with Crippen LogP contribution in [0.25, 0.3) is 44.2 Å². The normalized spacial score (nSPS) is 21.8. The highest BCUT2D eigenvalue weighted by Crippen LogP contribution is 2.40. The SMILES string of the molecule is C#Cc1c(F)ccc2cc(O)cc(-c3ncc4c(N5CC6CCC(C5)N6)nc(OCCN5CCC(F)(CN6CCN(c7cc([C@H](C(=O)N8C[C@H](O)C[C@H]8C(=O)N[C@@H](C)c8ccc(-c9ccnn9C)cc8)C(C)C)on7)CC6)CC5)nc4c3F)c12. The molecule has 5 aliphatic rings. The zero-order chi connectivity index (χ0) is 58.6. The van der Waals surface area contributed by atoms with Gasteiger partial charge in [0.15, 0.2) is 17.4 Å². The maximum absolute atomic E-state index is 17.1. The van der Waals surface area contributed by atoms with E-state index in [9.17, 15) is 19.8 Å². The summed E-state index contributed by atoms with van der Waals surface area (Å²) in [5.74, 6) is 0.602. The first-order chi connectivity index (χ1) is 40.5. The summed E-state index contributed by atoms with van der Waals surface area (Å²) >= 11 is 0. The van der Waals surface area contributed by atoms with Gasteiger partial charge >= 0.3 is 6.01 Å². The van der Waals surface area contributed by atoms with Crippen LogP contribution in [0.4, 0.5) is 24.8 Å². The summed E-state index contributed by atoms with van der Waals surface area (Å²) < 4.78 is 62.8. The number of benzene rings is 3. The Morgan fingerprint density at radius 3 is 2.39 bits per heavy atom. The molecule has 0 saturated carbocycles. The van der Waals surface area contributed by atoms with Gasteiger partial charge in [-0.15, -0.1) is 6.42 Å². The van der Waals surface area contributed by atoms with Crippen LogP contribution in [-0.4, -0.2) is 175 Å². The highest BCUT2D eigenvalue weighted by molar-refractivity contribution is 6.03. The lowest BCUT2D eigenvalue weighted by Crippen LogP contribution is -2.53. The number of aryl methyl sites for hydroxylation is 1. The molecule has 12 rings (SSSR count). The molecule has 5 fully saturated rings. The molecule has 19 nitrogen and oxygen atoms in total. The summed E-state index contributed by atoms with van der Waals surface area (Å²) in [4.78, 5) is 52.2. The number of likely N-dealkylation sites (tertiary alicyclic amines) is 2. The average molecular weight is 1150 g/mol. The van der Waals surface area contributed by atoms with E-state index in [-0.39, 0.29) is 101 Å². The van der Waals surface area contributed by atoms with E-state index in [0.29, 0.717) is 99.9 Å². The number of nitrogens with one attached hydrogen (secondary N) is 2. The number of carbonyl (C=O) groups is 2. The molecule has 9 heterocycles. The van der Waals surface area contributed by atoms with Crippen LogP contribution >= 0.6 is 0 Å². The third-order valence-corrected chi connectivity index (χ3v) is 17.7. The lowest BCUT2D eigenvalue weighted by atomic mass is 9.91. The van der Waals surface area contributed by atoms with Crippen molar-refractivity contribution in [3.63, 3.8) is 0 Å². The van der Waals surface area contributed by atoms with Gasteiger partial charge in [-0.1, -0.05) is 55.3 Å². The van der Waals surface area contributed by atoms with Crippen LogP contribution in [0, 0.1) is 29.9 Å². The molecule has 2 amide bonds. The van der Waals surface area contributed by atoms with Gasteiger partial charge in [-0.2, -0.15) is 15.1 Å². The van der Waals surface area contributed by atoms with E-state index >= 15 is 13.2 Å². The number of aromatic nitrogens is 6. The molecule has 4 aromatic heterocycles. The van der Waals surface area contributed by atoms with Gasteiger partial charge in [0.2, 0.25) is 11.8 Å². The largest absolute Gasteiger partial charge is 0.508 e. The number of amides is 2. The maximum Gasteiger partial charge on any atom is 0.319 e. The number of ether oxygens (including phenoxy) is 1. The molecular weight excluding hydrogens is 1080 g/mol. The minimum Gasteiger partial charge on any atom is -0.508 e. The molecule has 5 aliphatic heterocycles. The van der Waals surface area contributed by atoms with Crippen LogP contribution in [0.2, 0.25) is 0 Å². The first kappa shape index (κ1) is 56.6. The minimum absolute atomic E-state index is 0.0218. The minimum atomic E-state index is -1.40. The number of nitrogens with zero attached hydrogens (tertiary/aromatic N) is 11. The van der Waals surface area contributed by atoms with Gasteiger partial charge in [0.1, 0.15) is 52.8 Å². The average Bonchev–Trinajstić information content (AvgIpc) is 2.21. The van der Waals surface area contributed by atoms with Gasteiger partial charge in [0.25, 0.3) is 0 Å². The maximum atomic E-state index is 17.1. The Labute approximate surface area is 485 Å². The first-order valence-electron chi connectivity index (χ1n) is 29.1. The summed E-state index contributed by atoms with van der Waals surface area (Å²) in [7, 11) is 1.88. The quantitative estimate of drug-likeness (QED) is 0.0741. The third-order valence-electron chi connectivity index (χ3n) is 17.7. The van der Waals surface area contributed by atoms with Crippen LogP contribution in [0.5, 0.6) is 11.8 Å². The molecular formula is C62H70F3N13O6. The lowest BCUT2D eigenvalue weighted by Gasteiger charge is -2.41. The van der Waals surface area contributed by atoms with Crippen molar-refractivity contribution in [2.24, 2.45) is 13.0 Å². The Balaban J connectivity index is 0.647. The van der Waals surface area contributed by atoms with E-state index in [1.807, 2.05) is 58.2 Å². The number of aliphatic hydroxyl groups is 1. The topological polar surface area (TPSA) is 207 Å². The number of aromatic hydroxyl groups is 1. The second-order valence-electron chi connectivity index (χ2n) is 23.7. The van der Waals surface area contributed by atoms with Gasteiger partial charge in [0, 0.05) is 127 Å². The zero-order valence-electron chi connectivity index (χ0n) is 47.6. The monoisotopic (exact) mass is 1150 g/mol. The van der Waals surface area contributed by atoms with Crippen molar-refractivity contribution < 1.29 is 42.2 Å². The van der Waals surface area contributed by atoms with E-state index in [4.69, 9.17) is 20.7 Å². The second kappa shape index (κ2) is 23.3. The molecule has 440 valence electrons. The Bertz CT molecular complexity index is 3620. The number of aliphatic hydroxyl groups excluding tert-OH is 1. The second-order valence-corrected chi connectivity index (χ2v) is 23.7. The van der Waals surface area contributed by atoms with E-state index in [0.717, 1.165) is 29.7 Å². The number of rotatable bonds is 16. The fourth-order valence-electron chi connectivity index (χ4n) is 13.2. The van der Waals surface area contributed by atoms with Gasteiger partial charge in [0.05, 0.1) is 28.8 Å². The molecule has 4 N–H and O–H groups in total. The molecule has 0 spiro atoms. The molecule has 3 aromatic carbocycles. The van der Waals surface area contributed by atoms with Crippen molar-refractivity contribution in [1.82, 2.24) is 55.2 Å². The summed E-state index contributed by atoms with van der Waals surface area (Å²) in [5.41, 5.74) is 1.31. The molecule has 0 radical (unpaired) electrons. The first-order valence-corrected chi connectivity index (χ1v) is 29.1. The Hall–Kier alpha value is -7.84. The Kier molecular flexibility index (Phi) is 15.7. The van der Waals surface area contributed by atoms with Crippen molar-refractivity contribution in [1.29, 1.82) is 0 Å². The number of piperazine rings is 2. The van der Waals surface area contributed by atoms with Gasteiger partial charge in [-0.25, -0.2) is 13.2 Å². The van der Waals surface area contributed by atoms with Crippen LogP contribution in [0.1, 0.15) is 81.7 Å². The van der Waals surface area contributed by atoms with Crippen LogP contribution < -0.4 is 25.2 Å². The summed E-state index contributed by atoms with van der Waals surface area (Å²) in [6.45, 7) is 11.3. The van der Waals surface area contributed by atoms with E-state index in [2.05, 4.69) is 56.4 Å². The van der Waals surface area contributed by atoms with Crippen molar-refractivity contribution in [3.05, 3.63) is 102 Å². The highest BCUT2D eigenvalue weighted by Gasteiger charge is 2.44. The number of phenolic OH excluding ortho intramolecular Hbond substituents is 1. The third kappa shape index (κ3) is 11.3. The number of fused-ring (bicyclic) bond motifs is 4. The number of pyridine rings is 1. The number of halogens is 3. The number of piperidine rings is 1. The zero-order valence-corrected chi connectivity index (χ0v) is 47.6. The Morgan fingerprint density at radius 2 is 1.69 bits per heavy atom. The van der Waals surface area contributed by atoms with E-state index in [1.165, 1.54) is 35.4 Å². The number of β-amino-alcohol motifs (C(OH)–C–C–N with tert-alkyl or cyclic N) is 1. The van der Waals surface area contributed by atoms with Crippen molar-refractivity contribution in [2.45, 2.75) is 94.7 Å². The number of anilines is 2. The number of phenols is 1.